The van der Waals surface area contributed by atoms with E-state index < -0.39 is 11.9 Å². The fraction of sp³-hybridized carbons (Fsp3) is 0.462. The predicted molar refractivity (Wildman–Crippen MR) is 74.9 cm³/mol. The molecule has 112 valence electrons. The average Bonchev–Trinajstić information content (AvgIpc) is 2.37. The minimum atomic E-state index is -4.23. The number of hydrogen-bond acceptors (Lipinski definition) is 3. The first kappa shape index (κ1) is 16.8. The number of thioether (sulfide) groups is 1. The van der Waals surface area contributed by atoms with Gasteiger partial charge in [0.15, 0.2) is 0 Å². The third kappa shape index (κ3) is 5.83. The van der Waals surface area contributed by atoms with E-state index in [1.165, 1.54) is 0 Å². The lowest BCUT2D eigenvalue weighted by atomic mass is 10.1. The SMILES string of the molecule is CNCC(C)C(=O)Nc1ccccc1SCC(F)(F)F. The maximum atomic E-state index is 12.2. The van der Waals surface area contributed by atoms with Gasteiger partial charge in [-0.1, -0.05) is 19.1 Å². The summed E-state index contributed by atoms with van der Waals surface area (Å²) in [5.74, 6) is -1.47. The summed E-state index contributed by atoms with van der Waals surface area (Å²) in [5.41, 5.74) is 0.412. The third-order valence-corrected chi connectivity index (χ3v) is 3.63. The first-order chi connectivity index (χ1) is 9.33. The Morgan fingerprint density at radius 3 is 2.60 bits per heavy atom. The summed E-state index contributed by atoms with van der Waals surface area (Å²) in [7, 11) is 1.73. The molecule has 1 rings (SSSR count). The lowest BCUT2D eigenvalue weighted by Gasteiger charge is -2.15. The van der Waals surface area contributed by atoms with Gasteiger partial charge in [-0.25, -0.2) is 0 Å². The van der Waals surface area contributed by atoms with Crippen LogP contribution in [0.25, 0.3) is 0 Å². The quantitative estimate of drug-likeness (QED) is 0.793. The van der Waals surface area contributed by atoms with Gasteiger partial charge < -0.3 is 10.6 Å². The molecular weight excluding hydrogens is 289 g/mol. The standard InChI is InChI=1S/C13H17F3N2OS/c1-9(7-17-2)12(19)18-10-5-3-4-6-11(10)20-8-13(14,15)16/h3-6,9,17H,7-8H2,1-2H3,(H,18,19). The topological polar surface area (TPSA) is 41.1 Å². The van der Waals surface area contributed by atoms with Crippen molar-refractivity contribution in [1.82, 2.24) is 5.32 Å². The van der Waals surface area contributed by atoms with Crippen LogP contribution in [0, 0.1) is 5.92 Å². The van der Waals surface area contributed by atoms with Gasteiger partial charge >= 0.3 is 6.18 Å². The molecule has 20 heavy (non-hydrogen) atoms. The van der Waals surface area contributed by atoms with E-state index in [-0.39, 0.29) is 11.8 Å². The second kappa shape index (κ2) is 7.54. The zero-order chi connectivity index (χ0) is 15.2. The Bertz CT molecular complexity index is 451. The summed E-state index contributed by atoms with van der Waals surface area (Å²) in [5, 5.41) is 5.54. The van der Waals surface area contributed by atoms with Crippen molar-refractivity contribution in [3.8, 4) is 0 Å². The third-order valence-electron chi connectivity index (χ3n) is 2.49. The zero-order valence-electron chi connectivity index (χ0n) is 11.3. The van der Waals surface area contributed by atoms with Crippen LogP contribution in [0.4, 0.5) is 18.9 Å². The number of carbonyl (C=O) groups is 1. The molecule has 1 amide bonds. The number of para-hydroxylation sites is 1. The highest BCUT2D eigenvalue weighted by molar-refractivity contribution is 7.99. The van der Waals surface area contributed by atoms with Gasteiger partial charge in [0.25, 0.3) is 0 Å². The maximum Gasteiger partial charge on any atom is 0.398 e. The van der Waals surface area contributed by atoms with Gasteiger partial charge in [0, 0.05) is 17.4 Å². The number of carbonyl (C=O) groups excluding carboxylic acids is 1. The molecule has 0 heterocycles. The molecule has 0 fully saturated rings. The Kier molecular flexibility index (Phi) is 6.35. The van der Waals surface area contributed by atoms with E-state index in [1.807, 2.05) is 0 Å². The largest absolute Gasteiger partial charge is 0.398 e. The molecule has 0 saturated heterocycles. The van der Waals surface area contributed by atoms with E-state index in [1.54, 1.807) is 38.2 Å². The van der Waals surface area contributed by atoms with Crippen LogP contribution in [0.15, 0.2) is 29.2 Å². The lowest BCUT2D eigenvalue weighted by Crippen LogP contribution is -2.28. The Balaban J connectivity index is 2.72. The van der Waals surface area contributed by atoms with Crippen molar-refractivity contribution in [1.29, 1.82) is 0 Å². The van der Waals surface area contributed by atoms with Crippen molar-refractivity contribution in [3.63, 3.8) is 0 Å². The second-order valence-electron chi connectivity index (χ2n) is 4.35. The van der Waals surface area contributed by atoms with Crippen LogP contribution in [0.3, 0.4) is 0 Å². The monoisotopic (exact) mass is 306 g/mol. The predicted octanol–water partition coefficient (Wildman–Crippen LogP) is 3.14. The summed E-state index contributed by atoms with van der Waals surface area (Å²) in [4.78, 5) is 12.3. The van der Waals surface area contributed by atoms with Crippen LogP contribution in [-0.2, 0) is 4.79 Å². The van der Waals surface area contributed by atoms with E-state index in [0.717, 1.165) is 0 Å². The Labute approximate surface area is 120 Å². The van der Waals surface area contributed by atoms with Crippen LogP contribution in [0.1, 0.15) is 6.92 Å². The number of hydrogen-bond donors (Lipinski definition) is 2. The number of alkyl halides is 3. The molecule has 0 radical (unpaired) electrons. The minimum Gasteiger partial charge on any atom is -0.325 e. The first-order valence-electron chi connectivity index (χ1n) is 6.07. The number of nitrogens with one attached hydrogen (secondary N) is 2. The molecule has 0 bridgehead atoms. The van der Waals surface area contributed by atoms with Crippen LogP contribution in [0.2, 0.25) is 0 Å². The van der Waals surface area contributed by atoms with Crippen LogP contribution in [-0.4, -0.2) is 31.4 Å². The number of benzene rings is 1. The highest BCUT2D eigenvalue weighted by Crippen LogP contribution is 2.32. The number of rotatable bonds is 6. The van der Waals surface area contributed by atoms with Gasteiger partial charge in [-0.05, 0) is 19.2 Å². The van der Waals surface area contributed by atoms with Crippen molar-refractivity contribution < 1.29 is 18.0 Å². The van der Waals surface area contributed by atoms with E-state index in [0.29, 0.717) is 28.9 Å². The number of halogens is 3. The summed E-state index contributed by atoms with van der Waals surface area (Å²) in [6.45, 7) is 2.25. The van der Waals surface area contributed by atoms with E-state index in [4.69, 9.17) is 0 Å². The molecule has 0 aliphatic rings. The van der Waals surface area contributed by atoms with Crippen molar-refractivity contribution in [2.75, 3.05) is 24.7 Å². The normalized spacial score (nSPS) is 13.1. The molecule has 1 unspecified atom stereocenters. The molecule has 1 atom stereocenters. The molecule has 7 heteroatoms. The molecule has 2 N–H and O–H groups in total. The highest BCUT2D eigenvalue weighted by Gasteiger charge is 2.27. The van der Waals surface area contributed by atoms with Gasteiger partial charge in [-0.15, -0.1) is 11.8 Å². The van der Waals surface area contributed by atoms with Crippen molar-refractivity contribution in [2.45, 2.75) is 18.0 Å². The van der Waals surface area contributed by atoms with Gasteiger partial charge in [-0.2, -0.15) is 13.2 Å². The number of anilines is 1. The van der Waals surface area contributed by atoms with Gasteiger partial charge in [0.05, 0.1) is 11.4 Å². The fourth-order valence-corrected chi connectivity index (χ4v) is 2.28. The molecule has 0 spiro atoms. The smallest absolute Gasteiger partial charge is 0.325 e. The van der Waals surface area contributed by atoms with E-state index in [9.17, 15) is 18.0 Å². The summed E-state index contributed by atoms with van der Waals surface area (Å²) < 4.78 is 36.7. The highest BCUT2D eigenvalue weighted by atomic mass is 32.2. The molecular formula is C13H17F3N2OS. The van der Waals surface area contributed by atoms with E-state index >= 15 is 0 Å². The van der Waals surface area contributed by atoms with Crippen molar-refractivity contribution in [3.05, 3.63) is 24.3 Å². The van der Waals surface area contributed by atoms with Crippen LogP contribution >= 0.6 is 11.8 Å². The Morgan fingerprint density at radius 2 is 2.00 bits per heavy atom. The second-order valence-corrected chi connectivity index (χ2v) is 5.37. The average molecular weight is 306 g/mol. The van der Waals surface area contributed by atoms with Crippen LogP contribution in [0.5, 0.6) is 0 Å². The summed E-state index contributed by atoms with van der Waals surface area (Å²) in [6.07, 6.45) is -4.23. The summed E-state index contributed by atoms with van der Waals surface area (Å²) in [6, 6.07) is 6.48. The van der Waals surface area contributed by atoms with Crippen molar-refractivity contribution >= 4 is 23.4 Å². The minimum absolute atomic E-state index is 0.223. The molecule has 0 saturated carbocycles. The number of amides is 1. The van der Waals surface area contributed by atoms with E-state index in [2.05, 4.69) is 10.6 Å². The molecule has 1 aromatic rings. The van der Waals surface area contributed by atoms with Gasteiger partial charge in [0.1, 0.15) is 0 Å². The van der Waals surface area contributed by atoms with Gasteiger partial charge in [0.2, 0.25) is 5.91 Å². The van der Waals surface area contributed by atoms with Gasteiger partial charge in [-0.3, -0.25) is 4.79 Å². The first-order valence-corrected chi connectivity index (χ1v) is 7.06. The molecule has 0 aliphatic carbocycles. The van der Waals surface area contributed by atoms with Crippen molar-refractivity contribution in [2.24, 2.45) is 5.92 Å². The molecule has 3 nitrogen and oxygen atoms in total. The summed E-state index contributed by atoms with van der Waals surface area (Å²) >= 11 is 0.666. The Hall–Kier alpha value is -1.21. The Morgan fingerprint density at radius 1 is 1.35 bits per heavy atom. The van der Waals surface area contributed by atoms with Crippen LogP contribution < -0.4 is 10.6 Å². The molecule has 0 aromatic heterocycles. The molecule has 0 aliphatic heterocycles. The fourth-order valence-electron chi connectivity index (χ4n) is 1.51. The lowest BCUT2D eigenvalue weighted by molar-refractivity contribution is -0.119. The maximum absolute atomic E-state index is 12.2. The molecule has 1 aromatic carbocycles. The zero-order valence-corrected chi connectivity index (χ0v) is 12.1.